The van der Waals surface area contributed by atoms with Gasteiger partial charge in [0.2, 0.25) is 10.0 Å². The number of para-hydroxylation sites is 1. The largest absolute Gasteiger partial charge is 0.304 e. The second-order valence-corrected chi connectivity index (χ2v) is 9.46. The fourth-order valence-electron chi connectivity index (χ4n) is 3.64. The second kappa shape index (κ2) is 6.23. The highest BCUT2D eigenvalue weighted by molar-refractivity contribution is 7.89. The predicted molar refractivity (Wildman–Crippen MR) is 98.7 cm³/mol. The summed E-state index contributed by atoms with van der Waals surface area (Å²) in [6.45, 7) is 3.16. The van der Waals surface area contributed by atoms with E-state index in [4.69, 9.17) is 0 Å². The van der Waals surface area contributed by atoms with Gasteiger partial charge in [-0.3, -0.25) is 4.79 Å². The molecule has 1 atom stereocenters. The van der Waals surface area contributed by atoms with Gasteiger partial charge in [-0.05, 0) is 43.9 Å². The van der Waals surface area contributed by atoms with E-state index in [2.05, 4.69) is 0 Å². The Bertz CT molecular complexity index is 914. The standard InChI is InChI=1S/C18H20N2O3S2/c1-13-10-14-6-2-3-7-16(14)20(13)18(21)17-11-15(12-24-17)25(22,23)19-8-4-5-9-19/h2-3,6-7,11-13H,4-5,8-10H2,1H3/t13-/m1/s1. The highest BCUT2D eigenvalue weighted by Gasteiger charge is 2.33. The lowest BCUT2D eigenvalue weighted by molar-refractivity contribution is 0.0985. The minimum atomic E-state index is -3.48. The van der Waals surface area contributed by atoms with Crippen LogP contribution in [-0.2, 0) is 16.4 Å². The summed E-state index contributed by atoms with van der Waals surface area (Å²) in [5.74, 6) is -0.120. The fraction of sp³-hybridized carbons (Fsp3) is 0.389. The molecule has 2 aromatic rings. The average molecular weight is 377 g/mol. The predicted octanol–water partition coefficient (Wildman–Crippen LogP) is 3.12. The molecule has 1 saturated heterocycles. The Morgan fingerprint density at radius 3 is 2.68 bits per heavy atom. The van der Waals surface area contributed by atoms with Gasteiger partial charge in [0.1, 0.15) is 0 Å². The van der Waals surface area contributed by atoms with Crippen molar-refractivity contribution >= 4 is 33.0 Å². The molecule has 5 nitrogen and oxygen atoms in total. The van der Waals surface area contributed by atoms with E-state index in [1.807, 2.05) is 31.2 Å². The van der Waals surface area contributed by atoms with Crippen LogP contribution < -0.4 is 4.90 Å². The van der Waals surface area contributed by atoms with Gasteiger partial charge in [-0.2, -0.15) is 4.31 Å². The van der Waals surface area contributed by atoms with Gasteiger partial charge in [-0.25, -0.2) is 8.42 Å². The molecule has 2 aliphatic heterocycles. The van der Waals surface area contributed by atoms with Gasteiger partial charge >= 0.3 is 0 Å². The van der Waals surface area contributed by atoms with E-state index in [0.717, 1.165) is 30.5 Å². The van der Waals surface area contributed by atoms with Crippen molar-refractivity contribution in [1.29, 1.82) is 0 Å². The smallest absolute Gasteiger partial charge is 0.268 e. The quantitative estimate of drug-likeness (QED) is 0.827. The highest BCUT2D eigenvalue weighted by atomic mass is 32.2. The van der Waals surface area contributed by atoms with Crippen molar-refractivity contribution in [2.24, 2.45) is 0 Å². The minimum absolute atomic E-state index is 0.0747. The summed E-state index contributed by atoms with van der Waals surface area (Å²) >= 11 is 1.21. The zero-order chi connectivity index (χ0) is 17.6. The van der Waals surface area contributed by atoms with Gasteiger partial charge in [-0.1, -0.05) is 18.2 Å². The molecular weight excluding hydrogens is 356 g/mol. The van der Waals surface area contributed by atoms with Crippen LogP contribution in [0.25, 0.3) is 0 Å². The van der Waals surface area contributed by atoms with E-state index < -0.39 is 10.0 Å². The Morgan fingerprint density at radius 1 is 1.20 bits per heavy atom. The lowest BCUT2D eigenvalue weighted by Crippen LogP contribution is -2.35. The molecule has 7 heteroatoms. The molecule has 0 spiro atoms. The summed E-state index contributed by atoms with van der Waals surface area (Å²) in [7, 11) is -3.48. The number of amides is 1. The van der Waals surface area contributed by atoms with Crippen molar-refractivity contribution in [2.45, 2.75) is 37.1 Å². The van der Waals surface area contributed by atoms with E-state index in [9.17, 15) is 13.2 Å². The van der Waals surface area contributed by atoms with Crippen LogP contribution in [0.5, 0.6) is 0 Å². The molecule has 1 aromatic heterocycles. The molecule has 0 aliphatic carbocycles. The van der Waals surface area contributed by atoms with Gasteiger partial charge in [0.25, 0.3) is 5.91 Å². The second-order valence-electron chi connectivity index (χ2n) is 6.61. The van der Waals surface area contributed by atoms with Crippen molar-refractivity contribution in [2.75, 3.05) is 18.0 Å². The summed E-state index contributed by atoms with van der Waals surface area (Å²) < 4.78 is 26.8. The van der Waals surface area contributed by atoms with E-state index in [0.29, 0.717) is 18.0 Å². The molecule has 0 unspecified atom stereocenters. The molecule has 2 aliphatic rings. The van der Waals surface area contributed by atoms with Crippen LogP contribution in [-0.4, -0.2) is 37.8 Å². The monoisotopic (exact) mass is 376 g/mol. The van der Waals surface area contributed by atoms with Gasteiger partial charge in [-0.15, -0.1) is 11.3 Å². The summed E-state index contributed by atoms with van der Waals surface area (Å²) in [6, 6.07) is 9.50. The molecule has 4 rings (SSSR count). The first kappa shape index (κ1) is 16.8. The summed E-state index contributed by atoms with van der Waals surface area (Å²) in [5.41, 5.74) is 2.09. The Kier molecular flexibility index (Phi) is 4.17. The molecule has 3 heterocycles. The number of sulfonamides is 1. The number of thiophene rings is 1. The van der Waals surface area contributed by atoms with E-state index in [1.54, 1.807) is 10.3 Å². The van der Waals surface area contributed by atoms with Crippen LogP contribution in [0.4, 0.5) is 5.69 Å². The zero-order valence-electron chi connectivity index (χ0n) is 14.0. The van der Waals surface area contributed by atoms with Crippen molar-refractivity contribution < 1.29 is 13.2 Å². The molecule has 1 aromatic carbocycles. The lowest BCUT2D eigenvalue weighted by Gasteiger charge is -2.22. The van der Waals surface area contributed by atoms with Crippen LogP contribution in [0.3, 0.4) is 0 Å². The van der Waals surface area contributed by atoms with Crippen LogP contribution in [0.2, 0.25) is 0 Å². The van der Waals surface area contributed by atoms with Gasteiger partial charge < -0.3 is 4.90 Å². The van der Waals surface area contributed by atoms with E-state index >= 15 is 0 Å². The van der Waals surface area contributed by atoms with Crippen molar-refractivity contribution in [1.82, 2.24) is 4.31 Å². The first-order valence-electron chi connectivity index (χ1n) is 8.48. The Morgan fingerprint density at radius 2 is 1.92 bits per heavy atom. The summed E-state index contributed by atoms with van der Waals surface area (Å²) in [6.07, 6.45) is 2.63. The first-order chi connectivity index (χ1) is 12.0. The Balaban J connectivity index is 1.63. The van der Waals surface area contributed by atoms with E-state index in [-0.39, 0.29) is 16.8 Å². The minimum Gasteiger partial charge on any atom is -0.304 e. The third kappa shape index (κ3) is 2.80. The number of fused-ring (bicyclic) bond motifs is 1. The summed E-state index contributed by atoms with van der Waals surface area (Å²) in [5, 5.41) is 1.59. The first-order valence-corrected chi connectivity index (χ1v) is 10.8. The Hall–Kier alpha value is -1.70. The third-order valence-electron chi connectivity index (χ3n) is 4.92. The molecule has 0 N–H and O–H groups in total. The molecule has 1 amide bonds. The highest BCUT2D eigenvalue weighted by Crippen LogP contribution is 2.34. The molecular formula is C18H20N2O3S2. The van der Waals surface area contributed by atoms with Gasteiger partial charge in [0.05, 0.1) is 9.77 Å². The van der Waals surface area contributed by atoms with Crippen molar-refractivity contribution in [3.63, 3.8) is 0 Å². The number of nitrogens with zero attached hydrogens (tertiary/aromatic N) is 2. The maximum absolute atomic E-state index is 13.0. The number of carbonyl (C=O) groups is 1. The fourth-order valence-corrected chi connectivity index (χ4v) is 6.35. The Labute approximate surface area is 151 Å². The normalized spacial score (nSPS) is 20.8. The van der Waals surface area contributed by atoms with E-state index in [1.165, 1.54) is 21.7 Å². The number of anilines is 1. The molecule has 0 bridgehead atoms. The SMILES string of the molecule is C[C@@H]1Cc2ccccc2N1C(=O)c1cc(S(=O)(=O)N2CCCC2)cs1. The maximum atomic E-state index is 13.0. The number of benzene rings is 1. The van der Waals surface area contributed by atoms with Crippen LogP contribution in [0, 0.1) is 0 Å². The zero-order valence-corrected chi connectivity index (χ0v) is 15.6. The van der Waals surface area contributed by atoms with Crippen LogP contribution in [0.15, 0.2) is 40.6 Å². The van der Waals surface area contributed by atoms with Gasteiger partial charge in [0, 0.05) is 30.2 Å². The van der Waals surface area contributed by atoms with Crippen molar-refractivity contribution in [3.05, 3.63) is 46.2 Å². The van der Waals surface area contributed by atoms with Gasteiger partial charge in [0.15, 0.2) is 0 Å². The maximum Gasteiger partial charge on any atom is 0.268 e. The number of hydrogen-bond acceptors (Lipinski definition) is 4. The van der Waals surface area contributed by atoms with Crippen LogP contribution >= 0.6 is 11.3 Å². The molecule has 1 fully saturated rings. The molecule has 0 radical (unpaired) electrons. The number of hydrogen-bond donors (Lipinski definition) is 0. The molecule has 25 heavy (non-hydrogen) atoms. The average Bonchev–Trinajstić information content (AvgIpc) is 3.33. The third-order valence-corrected chi connectivity index (χ3v) is 7.86. The van der Waals surface area contributed by atoms with Crippen LogP contribution in [0.1, 0.15) is 35.0 Å². The van der Waals surface area contributed by atoms with Crippen molar-refractivity contribution in [3.8, 4) is 0 Å². The number of carbonyl (C=O) groups excluding carboxylic acids is 1. The molecule has 132 valence electrons. The number of rotatable bonds is 3. The summed E-state index contributed by atoms with van der Waals surface area (Å²) in [4.78, 5) is 15.5. The lowest BCUT2D eigenvalue weighted by atomic mass is 10.1. The topological polar surface area (TPSA) is 57.7 Å². The molecule has 0 saturated carbocycles.